The number of hydrogen-bond donors (Lipinski definition) is 2. The van der Waals surface area contributed by atoms with Crippen LogP contribution in [0.2, 0.25) is 0 Å². The molecule has 1 amide bonds. The summed E-state index contributed by atoms with van der Waals surface area (Å²) in [5.74, 6) is 0.255. The zero-order valence-corrected chi connectivity index (χ0v) is 12.2. The number of hydrogen-bond acceptors (Lipinski definition) is 3. The third-order valence-corrected chi connectivity index (χ3v) is 4.54. The highest BCUT2D eigenvalue weighted by Gasteiger charge is 2.38. The Bertz CT molecular complexity index is 276. The molecule has 2 fully saturated rings. The lowest BCUT2D eigenvalue weighted by Crippen LogP contribution is -2.49. The number of amides is 1. The van der Waals surface area contributed by atoms with E-state index in [0.717, 1.165) is 58.2 Å². The van der Waals surface area contributed by atoms with Gasteiger partial charge in [-0.2, -0.15) is 0 Å². The van der Waals surface area contributed by atoms with Crippen LogP contribution in [0.3, 0.4) is 0 Å². The van der Waals surface area contributed by atoms with Gasteiger partial charge in [-0.3, -0.25) is 4.79 Å². The standard InChI is InChI=1S/C15H28N2O2/c1-2-6-15(7-9-16-10-8-15)14(18)17-12-13-5-3-4-11-19-13/h13,16H,2-12H2,1H3,(H,17,18). The van der Waals surface area contributed by atoms with Crippen LogP contribution in [-0.4, -0.2) is 38.3 Å². The molecule has 0 saturated carbocycles. The second-order valence-corrected chi connectivity index (χ2v) is 5.98. The first kappa shape index (κ1) is 14.8. The number of piperidine rings is 1. The van der Waals surface area contributed by atoms with Crippen molar-refractivity contribution in [2.24, 2.45) is 5.41 Å². The first-order valence-corrected chi connectivity index (χ1v) is 7.87. The van der Waals surface area contributed by atoms with Gasteiger partial charge >= 0.3 is 0 Å². The molecule has 0 radical (unpaired) electrons. The van der Waals surface area contributed by atoms with Gasteiger partial charge in [-0.15, -0.1) is 0 Å². The average molecular weight is 268 g/mol. The van der Waals surface area contributed by atoms with Crippen LogP contribution >= 0.6 is 0 Å². The fraction of sp³-hybridized carbons (Fsp3) is 0.933. The fourth-order valence-electron chi connectivity index (χ4n) is 3.34. The van der Waals surface area contributed by atoms with E-state index < -0.39 is 0 Å². The molecule has 0 aromatic heterocycles. The SMILES string of the molecule is CCCC1(C(=O)NCC2CCCCO2)CCNCC1. The van der Waals surface area contributed by atoms with Crippen molar-refractivity contribution in [2.45, 2.75) is 58.0 Å². The van der Waals surface area contributed by atoms with E-state index in [4.69, 9.17) is 4.74 Å². The fourth-order valence-corrected chi connectivity index (χ4v) is 3.34. The third-order valence-electron chi connectivity index (χ3n) is 4.54. The summed E-state index contributed by atoms with van der Waals surface area (Å²) in [6.45, 7) is 5.64. The zero-order chi connectivity index (χ0) is 13.6. The van der Waals surface area contributed by atoms with Gasteiger partial charge < -0.3 is 15.4 Å². The maximum atomic E-state index is 12.6. The smallest absolute Gasteiger partial charge is 0.226 e. The zero-order valence-electron chi connectivity index (χ0n) is 12.2. The third kappa shape index (κ3) is 3.93. The Hall–Kier alpha value is -0.610. The Morgan fingerprint density at radius 3 is 2.79 bits per heavy atom. The lowest BCUT2D eigenvalue weighted by atomic mass is 9.74. The topological polar surface area (TPSA) is 50.4 Å². The van der Waals surface area contributed by atoms with Gasteiger partial charge in [-0.05, 0) is 51.6 Å². The van der Waals surface area contributed by atoms with E-state index >= 15 is 0 Å². The van der Waals surface area contributed by atoms with Crippen LogP contribution in [0.25, 0.3) is 0 Å². The van der Waals surface area contributed by atoms with Crippen LogP contribution in [-0.2, 0) is 9.53 Å². The van der Waals surface area contributed by atoms with Crippen molar-refractivity contribution in [3.63, 3.8) is 0 Å². The lowest BCUT2D eigenvalue weighted by Gasteiger charge is -2.36. The molecule has 2 aliphatic heterocycles. The first-order chi connectivity index (χ1) is 9.27. The van der Waals surface area contributed by atoms with E-state index in [1.54, 1.807) is 0 Å². The average Bonchev–Trinajstić information content (AvgIpc) is 2.47. The summed E-state index contributed by atoms with van der Waals surface area (Å²) in [7, 11) is 0. The summed E-state index contributed by atoms with van der Waals surface area (Å²) in [6.07, 6.45) is 7.73. The normalized spacial score (nSPS) is 26.9. The Kier molecular flexibility index (Phi) is 5.64. The Labute approximate surface area is 116 Å². The minimum Gasteiger partial charge on any atom is -0.376 e. The predicted octanol–water partition coefficient (Wildman–Crippen LogP) is 1.84. The molecule has 110 valence electrons. The number of rotatable bonds is 5. The van der Waals surface area contributed by atoms with Gasteiger partial charge in [-0.25, -0.2) is 0 Å². The van der Waals surface area contributed by atoms with Crippen molar-refractivity contribution in [1.29, 1.82) is 0 Å². The van der Waals surface area contributed by atoms with Gasteiger partial charge in [0.15, 0.2) is 0 Å². The molecule has 2 saturated heterocycles. The number of carbonyl (C=O) groups is 1. The second kappa shape index (κ2) is 7.25. The minimum absolute atomic E-state index is 0.130. The van der Waals surface area contributed by atoms with E-state index in [2.05, 4.69) is 17.6 Å². The highest BCUT2D eigenvalue weighted by atomic mass is 16.5. The number of ether oxygens (including phenoxy) is 1. The van der Waals surface area contributed by atoms with Crippen molar-refractivity contribution in [3.8, 4) is 0 Å². The summed E-state index contributed by atoms with van der Waals surface area (Å²) >= 11 is 0. The molecule has 1 unspecified atom stereocenters. The Morgan fingerprint density at radius 2 is 2.16 bits per heavy atom. The van der Waals surface area contributed by atoms with Gasteiger partial charge in [0.05, 0.1) is 11.5 Å². The monoisotopic (exact) mass is 268 g/mol. The molecule has 2 heterocycles. The molecule has 0 aliphatic carbocycles. The van der Waals surface area contributed by atoms with Gasteiger partial charge in [-0.1, -0.05) is 13.3 Å². The van der Waals surface area contributed by atoms with Crippen molar-refractivity contribution in [2.75, 3.05) is 26.2 Å². The molecule has 19 heavy (non-hydrogen) atoms. The maximum absolute atomic E-state index is 12.6. The quantitative estimate of drug-likeness (QED) is 0.800. The van der Waals surface area contributed by atoms with Gasteiger partial charge in [0.2, 0.25) is 5.91 Å². The summed E-state index contributed by atoms with van der Waals surface area (Å²) in [6, 6.07) is 0. The van der Waals surface area contributed by atoms with Crippen LogP contribution in [0, 0.1) is 5.41 Å². The summed E-state index contributed by atoms with van der Waals surface area (Å²) in [5, 5.41) is 6.51. The van der Waals surface area contributed by atoms with Gasteiger partial charge in [0.25, 0.3) is 0 Å². The molecule has 4 heteroatoms. The largest absolute Gasteiger partial charge is 0.376 e. The minimum atomic E-state index is -0.130. The van der Waals surface area contributed by atoms with E-state index in [9.17, 15) is 4.79 Å². The molecule has 2 rings (SSSR count). The van der Waals surface area contributed by atoms with E-state index in [1.807, 2.05) is 0 Å². The molecule has 0 aromatic carbocycles. The van der Waals surface area contributed by atoms with Crippen LogP contribution in [0.5, 0.6) is 0 Å². The Morgan fingerprint density at radius 1 is 1.37 bits per heavy atom. The van der Waals surface area contributed by atoms with E-state index in [1.165, 1.54) is 6.42 Å². The molecule has 0 aromatic rings. The summed E-state index contributed by atoms with van der Waals surface area (Å²) in [5.41, 5.74) is -0.130. The molecule has 1 atom stereocenters. The molecule has 2 aliphatic rings. The van der Waals surface area contributed by atoms with Crippen LogP contribution in [0.1, 0.15) is 51.9 Å². The Balaban J connectivity index is 1.84. The predicted molar refractivity (Wildman–Crippen MR) is 76.0 cm³/mol. The van der Waals surface area contributed by atoms with E-state index in [0.29, 0.717) is 6.54 Å². The molecule has 0 bridgehead atoms. The number of nitrogens with one attached hydrogen (secondary N) is 2. The van der Waals surface area contributed by atoms with Crippen LogP contribution in [0.4, 0.5) is 0 Å². The summed E-state index contributed by atoms with van der Waals surface area (Å²) < 4.78 is 5.68. The van der Waals surface area contributed by atoms with Crippen LogP contribution in [0.15, 0.2) is 0 Å². The molecule has 4 nitrogen and oxygen atoms in total. The van der Waals surface area contributed by atoms with E-state index in [-0.39, 0.29) is 17.4 Å². The van der Waals surface area contributed by atoms with Gasteiger partial charge in [0.1, 0.15) is 0 Å². The van der Waals surface area contributed by atoms with Crippen molar-refractivity contribution in [1.82, 2.24) is 10.6 Å². The molecular formula is C15H28N2O2. The summed E-state index contributed by atoms with van der Waals surface area (Å²) in [4.78, 5) is 12.6. The van der Waals surface area contributed by atoms with Gasteiger partial charge in [0, 0.05) is 13.2 Å². The number of carbonyl (C=O) groups excluding carboxylic acids is 1. The van der Waals surface area contributed by atoms with Crippen LogP contribution < -0.4 is 10.6 Å². The maximum Gasteiger partial charge on any atom is 0.226 e. The van der Waals surface area contributed by atoms with Crippen molar-refractivity contribution >= 4 is 5.91 Å². The first-order valence-electron chi connectivity index (χ1n) is 7.87. The molecule has 0 spiro atoms. The van der Waals surface area contributed by atoms with Crippen molar-refractivity contribution in [3.05, 3.63) is 0 Å². The lowest BCUT2D eigenvalue weighted by molar-refractivity contribution is -0.134. The highest BCUT2D eigenvalue weighted by Crippen LogP contribution is 2.34. The highest BCUT2D eigenvalue weighted by molar-refractivity contribution is 5.82. The molecule has 2 N–H and O–H groups in total. The molecular weight excluding hydrogens is 240 g/mol. The van der Waals surface area contributed by atoms with Crippen molar-refractivity contribution < 1.29 is 9.53 Å². The second-order valence-electron chi connectivity index (χ2n) is 5.98.